The lowest BCUT2D eigenvalue weighted by atomic mass is 10.2. The Morgan fingerprint density at radius 2 is 1.83 bits per heavy atom. The van der Waals surface area contributed by atoms with Gasteiger partial charge in [0.15, 0.2) is 0 Å². The van der Waals surface area contributed by atoms with Gasteiger partial charge in [0.25, 0.3) is 0 Å². The summed E-state index contributed by atoms with van der Waals surface area (Å²) < 4.78 is 0. The summed E-state index contributed by atoms with van der Waals surface area (Å²) in [5.74, 6) is 0. The van der Waals surface area contributed by atoms with E-state index < -0.39 is 8.07 Å². The van der Waals surface area contributed by atoms with Crippen LogP contribution in [0.15, 0.2) is 17.5 Å². The van der Waals surface area contributed by atoms with Gasteiger partial charge in [-0.2, -0.15) is 0 Å². The normalized spacial score (nSPS) is 10.7. The van der Waals surface area contributed by atoms with Crippen molar-refractivity contribution in [2.45, 2.75) is 52.2 Å². The van der Waals surface area contributed by atoms with Crippen molar-refractivity contribution in [3.63, 3.8) is 0 Å². The SMILES string of the molecule is CCCCCC=C=C[Si](C)(C)C. The Bertz CT molecular complexity index is 156. The number of rotatable bonds is 5. The van der Waals surface area contributed by atoms with Crippen LogP contribution in [0.1, 0.15) is 32.6 Å². The third kappa shape index (κ3) is 9.74. The van der Waals surface area contributed by atoms with Crippen LogP contribution in [0.25, 0.3) is 0 Å². The lowest BCUT2D eigenvalue weighted by Gasteiger charge is -2.04. The van der Waals surface area contributed by atoms with Crippen molar-refractivity contribution in [1.29, 1.82) is 0 Å². The van der Waals surface area contributed by atoms with Gasteiger partial charge in [-0.1, -0.05) is 45.1 Å². The van der Waals surface area contributed by atoms with Gasteiger partial charge < -0.3 is 0 Å². The molecule has 12 heavy (non-hydrogen) atoms. The molecule has 0 aromatic carbocycles. The molecule has 0 atom stereocenters. The molecule has 0 rings (SSSR count). The second-order valence-electron chi connectivity index (χ2n) is 4.38. The zero-order valence-electron chi connectivity index (χ0n) is 8.98. The summed E-state index contributed by atoms with van der Waals surface area (Å²) in [6, 6.07) is 0. The van der Waals surface area contributed by atoms with E-state index in [2.05, 4.69) is 44.1 Å². The molecule has 0 radical (unpaired) electrons. The van der Waals surface area contributed by atoms with Crippen molar-refractivity contribution >= 4 is 8.07 Å². The Balaban J connectivity index is 3.55. The quantitative estimate of drug-likeness (QED) is 0.340. The third-order valence-electron chi connectivity index (χ3n) is 1.59. The molecule has 0 aromatic heterocycles. The fraction of sp³-hybridized carbons (Fsp3) is 0.727. The molecule has 0 aromatic rings. The minimum atomic E-state index is -0.993. The molecule has 0 aliphatic heterocycles. The van der Waals surface area contributed by atoms with Crippen LogP contribution in [0.2, 0.25) is 19.6 Å². The zero-order chi connectivity index (χ0) is 9.45. The van der Waals surface area contributed by atoms with Crippen molar-refractivity contribution in [1.82, 2.24) is 0 Å². The van der Waals surface area contributed by atoms with Gasteiger partial charge in [0, 0.05) is 0 Å². The van der Waals surface area contributed by atoms with Crippen molar-refractivity contribution < 1.29 is 0 Å². The highest BCUT2D eigenvalue weighted by Gasteiger charge is 2.05. The van der Waals surface area contributed by atoms with Gasteiger partial charge in [0.05, 0.1) is 8.07 Å². The Morgan fingerprint density at radius 1 is 1.17 bits per heavy atom. The van der Waals surface area contributed by atoms with Gasteiger partial charge in [-0.25, -0.2) is 0 Å². The molecule has 0 saturated carbocycles. The minimum absolute atomic E-state index is 0.993. The van der Waals surface area contributed by atoms with E-state index in [9.17, 15) is 0 Å². The van der Waals surface area contributed by atoms with Crippen LogP contribution in [-0.4, -0.2) is 8.07 Å². The molecule has 1 heteroatoms. The summed E-state index contributed by atoms with van der Waals surface area (Å²) in [5, 5.41) is 0. The fourth-order valence-corrected chi connectivity index (χ4v) is 1.51. The Labute approximate surface area is 78.4 Å². The molecule has 0 heterocycles. The largest absolute Gasteiger partial charge is 0.134 e. The molecule has 0 amide bonds. The molecule has 0 spiro atoms. The van der Waals surface area contributed by atoms with Crippen LogP contribution in [0.5, 0.6) is 0 Å². The molecule has 0 N–H and O–H groups in total. The maximum absolute atomic E-state index is 3.30. The average Bonchev–Trinajstić information content (AvgIpc) is 1.94. The molecule has 0 saturated heterocycles. The first kappa shape index (κ1) is 11.7. The molecule has 0 nitrogen and oxygen atoms in total. The van der Waals surface area contributed by atoms with E-state index in [4.69, 9.17) is 0 Å². The summed E-state index contributed by atoms with van der Waals surface area (Å²) in [4.78, 5) is 0. The second-order valence-corrected chi connectivity index (χ2v) is 9.40. The smallest absolute Gasteiger partial charge is 0.0781 e. The molecular weight excluding hydrogens is 160 g/mol. The van der Waals surface area contributed by atoms with E-state index in [1.807, 2.05) is 0 Å². The topological polar surface area (TPSA) is 0 Å². The number of hydrogen-bond donors (Lipinski definition) is 0. The first-order chi connectivity index (χ1) is 5.56. The van der Waals surface area contributed by atoms with Crippen LogP contribution in [0.4, 0.5) is 0 Å². The lowest BCUT2D eigenvalue weighted by molar-refractivity contribution is 0.729. The van der Waals surface area contributed by atoms with E-state index in [1.165, 1.54) is 25.7 Å². The highest BCUT2D eigenvalue weighted by Crippen LogP contribution is 2.02. The summed E-state index contributed by atoms with van der Waals surface area (Å²) in [6.07, 6.45) is 7.38. The van der Waals surface area contributed by atoms with Crippen molar-refractivity contribution in [3.05, 3.63) is 17.5 Å². The lowest BCUT2D eigenvalue weighted by Crippen LogP contribution is -2.14. The molecule has 0 aliphatic carbocycles. The molecule has 70 valence electrons. The van der Waals surface area contributed by atoms with Gasteiger partial charge in [0.1, 0.15) is 0 Å². The Morgan fingerprint density at radius 3 is 2.33 bits per heavy atom. The van der Waals surface area contributed by atoms with Gasteiger partial charge in [-0.3, -0.25) is 0 Å². The molecule has 0 unspecified atom stereocenters. The van der Waals surface area contributed by atoms with E-state index in [1.54, 1.807) is 0 Å². The van der Waals surface area contributed by atoms with Crippen molar-refractivity contribution in [2.75, 3.05) is 0 Å². The number of allylic oxidation sites excluding steroid dienone is 1. The van der Waals surface area contributed by atoms with Crippen LogP contribution < -0.4 is 0 Å². The maximum Gasteiger partial charge on any atom is 0.0781 e. The highest BCUT2D eigenvalue weighted by molar-refractivity contribution is 6.80. The van der Waals surface area contributed by atoms with Gasteiger partial charge in [0.2, 0.25) is 0 Å². The number of unbranched alkanes of at least 4 members (excludes halogenated alkanes) is 3. The van der Waals surface area contributed by atoms with Crippen molar-refractivity contribution in [3.8, 4) is 0 Å². The number of hydrogen-bond acceptors (Lipinski definition) is 0. The van der Waals surface area contributed by atoms with Crippen LogP contribution in [0.3, 0.4) is 0 Å². The van der Waals surface area contributed by atoms with E-state index in [0.717, 1.165) is 0 Å². The summed E-state index contributed by atoms with van der Waals surface area (Å²) in [7, 11) is -0.993. The summed E-state index contributed by atoms with van der Waals surface area (Å²) in [6.45, 7) is 9.24. The van der Waals surface area contributed by atoms with E-state index >= 15 is 0 Å². The Hall–Kier alpha value is -0.263. The van der Waals surface area contributed by atoms with Crippen LogP contribution >= 0.6 is 0 Å². The first-order valence-electron chi connectivity index (χ1n) is 4.98. The molecule has 0 aliphatic rings. The molecule has 0 bridgehead atoms. The van der Waals surface area contributed by atoms with E-state index in [0.29, 0.717) is 0 Å². The van der Waals surface area contributed by atoms with E-state index in [-0.39, 0.29) is 0 Å². The van der Waals surface area contributed by atoms with Crippen LogP contribution in [0, 0.1) is 0 Å². The summed E-state index contributed by atoms with van der Waals surface area (Å²) >= 11 is 0. The van der Waals surface area contributed by atoms with Gasteiger partial charge >= 0.3 is 0 Å². The second kappa shape index (κ2) is 6.27. The minimum Gasteiger partial charge on any atom is -0.134 e. The van der Waals surface area contributed by atoms with Gasteiger partial charge in [-0.15, -0.1) is 5.73 Å². The zero-order valence-corrected chi connectivity index (χ0v) is 9.98. The van der Waals surface area contributed by atoms with Crippen molar-refractivity contribution in [2.24, 2.45) is 0 Å². The fourth-order valence-electron chi connectivity index (χ4n) is 0.889. The summed E-state index contributed by atoms with van der Waals surface area (Å²) in [5.41, 5.74) is 5.57. The van der Waals surface area contributed by atoms with Gasteiger partial charge in [-0.05, 0) is 18.9 Å². The Kier molecular flexibility index (Phi) is 6.14. The molecule has 0 fully saturated rings. The predicted octanol–water partition coefficient (Wildman–Crippen LogP) is 4.16. The van der Waals surface area contributed by atoms with Crippen LogP contribution in [-0.2, 0) is 0 Å². The first-order valence-corrected chi connectivity index (χ1v) is 8.56. The average molecular weight is 182 g/mol. The maximum atomic E-state index is 3.30. The predicted molar refractivity (Wildman–Crippen MR) is 60.1 cm³/mol. The monoisotopic (exact) mass is 182 g/mol. The molecular formula is C11H22Si. The third-order valence-corrected chi connectivity index (χ3v) is 2.62. The highest BCUT2D eigenvalue weighted by atomic mass is 28.3. The standard InChI is InChI=1S/C11H22Si/c1-5-6-7-8-9-10-11-12(2,3)4/h9,11H,5-8H2,1-4H3.